The average Bonchev–Trinajstić information content (AvgIpc) is 3.54. The Morgan fingerprint density at radius 2 is 1.68 bits per heavy atom. The van der Waals surface area contributed by atoms with Crippen LogP contribution in [0.2, 0.25) is 5.02 Å². The Balaban J connectivity index is 1.58. The summed E-state index contributed by atoms with van der Waals surface area (Å²) in [6.45, 7) is 2.01. The van der Waals surface area contributed by atoms with Crippen LogP contribution in [0.1, 0.15) is 96.9 Å². The number of aromatic nitrogens is 1. The summed E-state index contributed by atoms with van der Waals surface area (Å²) in [4.78, 5) is 41.9. The first kappa shape index (κ1) is 27.4. The van der Waals surface area contributed by atoms with Crippen LogP contribution in [0.15, 0.2) is 24.3 Å². The van der Waals surface area contributed by atoms with Crippen molar-refractivity contribution in [2.75, 3.05) is 5.73 Å². The van der Waals surface area contributed by atoms with Crippen molar-refractivity contribution in [3.05, 3.63) is 45.4 Å². The predicted octanol–water partition coefficient (Wildman–Crippen LogP) is 4.92. The molecular formula is C27H36ClN5O3S. The second-order valence-corrected chi connectivity index (χ2v) is 11.2. The van der Waals surface area contributed by atoms with E-state index in [1.165, 1.54) is 11.3 Å². The van der Waals surface area contributed by atoms with Crippen LogP contribution in [0.5, 0.6) is 0 Å². The average molecular weight is 546 g/mol. The molecular weight excluding hydrogens is 510 g/mol. The molecule has 1 unspecified atom stereocenters. The third-order valence-corrected chi connectivity index (χ3v) is 8.62. The van der Waals surface area contributed by atoms with Gasteiger partial charge in [-0.2, -0.15) is 4.37 Å². The normalized spacial score (nSPS) is 17.4. The van der Waals surface area contributed by atoms with E-state index in [4.69, 9.17) is 17.3 Å². The van der Waals surface area contributed by atoms with Crippen molar-refractivity contribution >= 4 is 46.5 Å². The second kappa shape index (κ2) is 12.7. The van der Waals surface area contributed by atoms with Gasteiger partial charge in [-0.25, -0.2) is 0 Å². The number of halogens is 1. The molecule has 2 aliphatic carbocycles. The van der Waals surface area contributed by atoms with Gasteiger partial charge in [-0.15, -0.1) is 0 Å². The maximum absolute atomic E-state index is 13.9. The lowest BCUT2D eigenvalue weighted by Crippen LogP contribution is -2.50. The van der Waals surface area contributed by atoms with Gasteiger partial charge in [0.15, 0.2) is 5.69 Å². The fourth-order valence-electron chi connectivity index (χ4n) is 5.29. The zero-order valence-corrected chi connectivity index (χ0v) is 22.9. The van der Waals surface area contributed by atoms with Gasteiger partial charge in [-0.1, -0.05) is 68.8 Å². The van der Waals surface area contributed by atoms with Gasteiger partial charge in [-0.05, 0) is 55.3 Å². The maximum Gasteiger partial charge on any atom is 0.273 e. The summed E-state index contributed by atoms with van der Waals surface area (Å²) in [5.74, 6) is -0.975. The lowest BCUT2D eigenvalue weighted by Gasteiger charge is -2.31. The molecule has 0 spiro atoms. The highest BCUT2D eigenvalue weighted by Crippen LogP contribution is 2.28. The summed E-state index contributed by atoms with van der Waals surface area (Å²) in [5, 5.41) is 6.65. The number of amides is 3. The van der Waals surface area contributed by atoms with Crippen LogP contribution in [-0.4, -0.2) is 45.1 Å². The van der Waals surface area contributed by atoms with E-state index in [0.29, 0.717) is 11.4 Å². The molecule has 0 radical (unpaired) electrons. The Labute approximate surface area is 227 Å². The molecule has 2 fully saturated rings. The summed E-state index contributed by atoms with van der Waals surface area (Å²) in [6.07, 6.45) is 9.70. The highest BCUT2D eigenvalue weighted by Gasteiger charge is 2.34. The van der Waals surface area contributed by atoms with Gasteiger partial charge in [0.1, 0.15) is 10.9 Å². The Kier molecular flexibility index (Phi) is 9.43. The van der Waals surface area contributed by atoms with Crippen molar-refractivity contribution < 1.29 is 14.4 Å². The minimum absolute atomic E-state index is 0.0542. The van der Waals surface area contributed by atoms with Crippen LogP contribution in [-0.2, 0) is 11.3 Å². The van der Waals surface area contributed by atoms with Gasteiger partial charge in [-0.3, -0.25) is 14.4 Å². The fraction of sp³-hybridized carbons (Fsp3) is 0.556. The quantitative estimate of drug-likeness (QED) is 0.413. The number of nitrogen functional groups attached to an aromatic ring is 1. The number of rotatable bonds is 9. The molecule has 0 bridgehead atoms. The number of hydrogen-bond acceptors (Lipinski definition) is 6. The van der Waals surface area contributed by atoms with Crippen molar-refractivity contribution in [3.8, 4) is 0 Å². The summed E-state index contributed by atoms with van der Waals surface area (Å²) in [7, 11) is 0. The van der Waals surface area contributed by atoms with Gasteiger partial charge >= 0.3 is 0 Å². The number of nitrogens with zero attached hydrogens (tertiary/aromatic N) is 2. The molecule has 2 saturated carbocycles. The molecule has 2 aliphatic rings. The molecule has 2 aromatic rings. The Hall–Kier alpha value is -2.65. The zero-order chi connectivity index (χ0) is 26.4. The summed E-state index contributed by atoms with van der Waals surface area (Å²) < 4.78 is 4.25. The molecule has 200 valence electrons. The fourth-order valence-corrected chi connectivity index (χ4v) is 6.24. The molecule has 10 heteroatoms. The van der Waals surface area contributed by atoms with Crippen molar-refractivity contribution in [2.45, 2.75) is 95.8 Å². The van der Waals surface area contributed by atoms with E-state index in [1.54, 1.807) is 6.07 Å². The summed E-state index contributed by atoms with van der Waals surface area (Å²) >= 11 is 7.33. The molecule has 8 nitrogen and oxygen atoms in total. The Bertz CT molecular complexity index is 1110. The first-order valence-corrected chi connectivity index (χ1v) is 14.4. The smallest absolute Gasteiger partial charge is 0.273 e. The molecule has 4 N–H and O–H groups in total. The molecule has 0 saturated heterocycles. The Morgan fingerprint density at radius 1 is 1.05 bits per heavy atom. The SMILES string of the molecule is CCC(C(=O)NC1CCCC1)N(Cc1ccccc1Cl)C(=O)c1snc(C(=O)NC2CCCCC2)c1N. The second-order valence-electron chi connectivity index (χ2n) is 10.0. The molecule has 1 aromatic carbocycles. The zero-order valence-electron chi connectivity index (χ0n) is 21.3. The molecule has 3 amide bonds. The standard InChI is InChI=1S/C27H36ClN5O3S/c1-2-21(25(34)30-18-13-7-8-14-18)33(16-17-10-6-9-15-20(17)28)27(36)24-22(29)23(32-37-24)26(35)31-19-11-4-3-5-12-19/h6,9-10,15,18-19,21H,2-5,7-8,11-14,16,29H2,1H3,(H,30,34)(H,31,35). The molecule has 0 aliphatic heterocycles. The number of nitrogens with one attached hydrogen (secondary N) is 2. The topological polar surface area (TPSA) is 117 Å². The first-order valence-electron chi connectivity index (χ1n) is 13.3. The van der Waals surface area contributed by atoms with E-state index in [9.17, 15) is 14.4 Å². The van der Waals surface area contributed by atoms with Crippen molar-refractivity contribution in [1.82, 2.24) is 19.9 Å². The molecule has 37 heavy (non-hydrogen) atoms. The minimum atomic E-state index is -0.717. The van der Waals surface area contributed by atoms with Gasteiger partial charge in [0.25, 0.3) is 11.8 Å². The predicted molar refractivity (Wildman–Crippen MR) is 147 cm³/mol. The van der Waals surface area contributed by atoms with E-state index >= 15 is 0 Å². The molecule has 1 heterocycles. The van der Waals surface area contributed by atoms with Gasteiger partial charge in [0, 0.05) is 23.7 Å². The lowest BCUT2D eigenvalue weighted by molar-refractivity contribution is -0.126. The Morgan fingerprint density at radius 3 is 2.32 bits per heavy atom. The number of nitrogens with two attached hydrogens (primary N) is 1. The summed E-state index contributed by atoms with van der Waals surface area (Å²) in [6, 6.07) is 6.77. The van der Waals surface area contributed by atoms with Crippen molar-refractivity contribution in [2.24, 2.45) is 0 Å². The van der Waals surface area contributed by atoms with Crippen LogP contribution in [0.25, 0.3) is 0 Å². The van der Waals surface area contributed by atoms with Crippen molar-refractivity contribution in [1.29, 1.82) is 0 Å². The van der Waals surface area contributed by atoms with Crippen LogP contribution < -0.4 is 16.4 Å². The highest BCUT2D eigenvalue weighted by molar-refractivity contribution is 7.09. The number of carbonyl (C=O) groups is 3. The number of benzene rings is 1. The van der Waals surface area contributed by atoms with Gasteiger partial charge in [0.05, 0.1) is 5.69 Å². The van der Waals surface area contributed by atoms with Crippen LogP contribution in [0, 0.1) is 0 Å². The third-order valence-electron chi connectivity index (χ3n) is 7.40. The van der Waals surface area contributed by atoms with Crippen molar-refractivity contribution in [3.63, 3.8) is 0 Å². The van der Waals surface area contributed by atoms with Gasteiger partial charge in [0.2, 0.25) is 5.91 Å². The largest absolute Gasteiger partial charge is 0.395 e. The molecule has 1 aromatic heterocycles. The number of carbonyl (C=O) groups excluding carboxylic acids is 3. The van der Waals surface area contributed by atoms with Crippen LogP contribution in [0.4, 0.5) is 5.69 Å². The molecule has 1 atom stereocenters. The van der Waals surface area contributed by atoms with Crippen LogP contribution in [0.3, 0.4) is 0 Å². The minimum Gasteiger partial charge on any atom is -0.395 e. The van der Waals surface area contributed by atoms with E-state index in [2.05, 4.69) is 15.0 Å². The first-order chi connectivity index (χ1) is 17.9. The van der Waals surface area contributed by atoms with E-state index in [1.807, 2.05) is 25.1 Å². The summed E-state index contributed by atoms with van der Waals surface area (Å²) in [5.41, 5.74) is 7.18. The van der Waals surface area contributed by atoms with Gasteiger partial charge < -0.3 is 21.3 Å². The van der Waals surface area contributed by atoms with E-state index in [-0.39, 0.29) is 46.7 Å². The highest BCUT2D eigenvalue weighted by atomic mass is 35.5. The number of hydrogen-bond donors (Lipinski definition) is 3. The van der Waals surface area contributed by atoms with E-state index in [0.717, 1.165) is 68.5 Å². The third kappa shape index (κ3) is 6.62. The van der Waals surface area contributed by atoms with E-state index < -0.39 is 11.9 Å². The lowest BCUT2D eigenvalue weighted by atomic mass is 9.95. The molecule has 4 rings (SSSR count). The maximum atomic E-state index is 13.9. The van der Waals surface area contributed by atoms with Crippen LogP contribution >= 0.6 is 23.1 Å². The monoisotopic (exact) mass is 545 g/mol. The number of anilines is 1.